The molecule has 4 N–H and O–H groups in total. The minimum Gasteiger partial charge on any atom is -0.369 e. The number of likely N-dealkylation sites (N-methyl/N-ethyl adjacent to an activating group) is 1. The highest BCUT2D eigenvalue weighted by Crippen LogP contribution is 2.33. The molecule has 11 heteroatoms. The lowest BCUT2D eigenvalue weighted by Crippen LogP contribution is -2.52. The van der Waals surface area contributed by atoms with Crippen molar-refractivity contribution in [3.8, 4) is 11.3 Å². The van der Waals surface area contributed by atoms with Crippen LogP contribution in [0.25, 0.3) is 11.3 Å². The minimum absolute atomic E-state index is 0.00533. The number of nitrogens with zero attached hydrogens (tertiary/aromatic N) is 6. The molecule has 0 atom stereocenters. The van der Waals surface area contributed by atoms with Gasteiger partial charge < -0.3 is 26.2 Å². The number of amides is 1. The SMILES string of the molecule is CN1CCN(C2CCN(c3ccc(Nc4nc(NC5CCCC5)c(-c5ccncc5)nc4C(N)=O)cc3F)CC2)CC1. The number of anilines is 4. The van der Waals surface area contributed by atoms with Gasteiger partial charge in [0.1, 0.15) is 11.5 Å². The predicted octanol–water partition coefficient (Wildman–Crippen LogP) is 4.09. The molecule has 3 fully saturated rings. The number of nitrogens with one attached hydrogen (secondary N) is 2. The number of aromatic nitrogens is 3. The molecular formula is C31H40FN9O. The number of piperazine rings is 1. The van der Waals surface area contributed by atoms with E-state index in [4.69, 9.17) is 10.7 Å². The maximum atomic E-state index is 15.5. The van der Waals surface area contributed by atoms with Gasteiger partial charge in [0.15, 0.2) is 17.3 Å². The van der Waals surface area contributed by atoms with E-state index >= 15 is 4.39 Å². The lowest BCUT2D eigenvalue weighted by atomic mass is 10.0. The topological polar surface area (TPSA) is 116 Å². The Morgan fingerprint density at radius 2 is 1.64 bits per heavy atom. The van der Waals surface area contributed by atoms with E-state index in [0.717, 1.165) is 83.4 Å². The first-order chi connectivity index (χ1) is 20.4. The van der Waals surface area contributed by atoms with Crippen molar-refractivity contribution in [2.45, 2.75) is 50.6 Å². The van der Waals surface area contributed by atoms with E-state index in [0.29, 0.717) is 28.9 Å². The van der Waals surface area contributed by atoms with Crippen LogP contribution in [-0.4, -0.2) is 89.1 Å². The number of benzene rings is 1. The van der Waals surface area contributed by atoms with Crippen molar-refractivity contribution in [1.82, 2.24) is 24.8 Å². The molecule has 1 aliphatic carbocycles. The summed E-state index contributed by atoms with van der Waals surface area (Å²) in [5.41, 5.74) is 8.12. The van der Waals surface area contributed by atoms with Crippen LogP contribution in [0.5, 0.6) is 0 Å². The van der Waals surface area contributed by atoms with Gasteiger partial charge in [-0.15, -0.1) is 0 Å². The van der Waals surface area contributed by atoms with E-state index in [1.807, 2.05) is 18.2 Å². The first kappa shape index (κ1) is 28.3. The molecule has 0 bridgehead atoms. The van der Waals surface area contributed by atoms with Crippen molar-refractivity contribution in [3.63, 3.8) is 0 Å². The monoisotopic (exact) mass is 573 g/mol. The minimum atomic E-state index is -0.715. The molecule has 1 aromatic carbocycles. The summed E-state index contributed by atoms with van der Waals surface area (Å²) in [5, 5.41) is 6.65. The molecule has 2 aromatic heterocycles. The Balaban J connectivity index is 1.21. The van der Waals surface area contributed by atoms with Crippen LogP contribution in [0.3, 0.4) is 0 Å². The average Bonchev–Trinajstić information content (AvgIpc) is 3.51. The first-order valence-electron chi connectivity index (χ1n) is 15.1. The highest BCUT2D eigenvalue weighted by atomic mass is 19.1. The zero-order valence-electron chi connectivity index (χ0n) is 24.2. The number of pyridine rings is 1. The number of nitrogens with two attached hydrogens (primary N) is 1. The number of piperidine rings is 1. The summed E-state index contributed by atoms with van der Waals surface area (Å²) >= 11 is 0. The molecule has 2 saturated heterocycles. The summed E-state index contributed by atoms with van der Waals surface area (Å²) in [6.07, 6.45) is 9.78. The normalized spacial score (nSPS) is 19.2. The molecule has 1 saturated carbocycles. The summed E-state index contributed by atoms with van der Waals surface area (Å²) in [6, 6.07) is 9.55. The van der Waals surface area contributed by atoms with Gasteiger partial charge in [-0.2, -0.15) is 0 Å². The number of carbonyl (C=O) groups excluding carboxylic acids is 1. The highest BCUT2D eigenvalue weighted by Gasteiger charge is 2.28. The zero-order valence-corrected chi connectivity index (χ0v) is 24.2. The van der Waals surface area contributed by atoms with Crippen LogP contribution in [0.2, 0.25) is 0 Å². The fourth-order valence-corrected chi connectivity index (χ4v) is 6.41. The smallest absolute Gasteiger partial charge is 0.271 e. The number of rotatable bonds is 8. The molecule has 4 heterocycles. The van der Waals surface area contributed by atoms with Crippen molar-refractivity contribution in [2.75, 3.05) is 61.8 Å². The molecule has 10 nitrogen and oxygen atoms in total. The van der Waals surface area contributed by atoms with Gasteiger partial charge in [0, 0.05) is 75.0 Å². The number of primary amides is 1. The maximum absolute atomic E-state index is 15.5. The molecular weight excluding hydrogens is 533 g/mol. The average molecular weight is 574 g/mol. The van der Waals surface area contributed by atoms with Gasteiger partial charge in [0.05, 0.1) is 5.69 Å². The molecule has 222 valence electrons. The third-order valence-electron chi connectivity index (χ3n) is 8.85. The first-order valence-corrected chi connectivity index (χ1v) is 15.1. The van der Waals surface area contributed by atoms with Gasteiger partial charge in [0.2, 0.25) is 0 Å². The van der Waals surface area contributed by atoms with Gasteiger partial charge in [-0.3, -0.25) is 14.7 Å². The molecule has 3 aliphatic rings. The molecule has 0 spiro atoms. The van der Waals surface area contributed by atoms with Crippen LogP contribution in [0, 0.1) is 5.82 Å². The van der Waals surface area contributed by atoms with Gasteiger partial charge in [-0.1, -0.05) is 12.8 Å². The number of hydrogen-bond donors (Lipinski definition) is 3. The Hall–Kier alpha value is -3.83. The van der Waals surface area contributed by atoms with Crippen LogP contribution in [0.4, 0.5) is 27.4 Å². The van der Waals surface area contributed by atoms with Crippen molar-refractivity contribution in [2.24, 2.45) is 5.73 Å². The second-order valence-electron chi connectivity index (χ2n) is 11.7. The number of hydrogen-bond acceptors (Lipinski definition) is 9. The van der Waals surface area contributed by atoms with E-state index in [2.05, 4.69) is 42.3 Å². The molecule has 6 rings (SSSR count). The van der Waals surface area contributed by atoms with Crippen LogP contribution >= 0.6 is 0 Å². The van der Waals surface area contributed by atoms with Crippen molar-refractivity contribution >= 4 is 28.9 Å². The summed E-state index contributed by atoms with van der Waals surface area (Å²) < 4.78 is 15.5. The second-order valence-corrected chi connectivity index (χ2v) is 11.7. The molecule has 3 aromatic rings. The summed E-state index contributed by atoms with van der Waals surface area (Å²) in [5.74, 6) is -0.278. The zero-order chi connectivity index (χ0) is 29.1. The summed E-state index contributed by atoms with van der Waals surface area (Å²) in [7, 11) is 2.17. The molecule has 42 heavy (non-hydrogen) atoms. The van der Waals surface area contributed by atoms with E-state index in [1.54, 1.807) is 18.5 Å². The Kier molecular flexibility index (Phi) is 8.48. The quantitative estimate of drug-likeness (QED) is 0.366. The van der Waals surface area contributed by atoms with E-state index in [9.17, 15) is 4.79 Å². The fraction of sp³-hybridized carbons (Fsp3) is 0.484. The Morgan fingerprint density at radius 3 is 2.31 bits per heavy atom. The third-order valence-corrected chi connectivity index (χ3v) is 8.85. The van der Waals surface area contributed by atoms with Gasteiger partial charge >= 0.3 is 0 Å². The lowest BCUT2D eigenvalue weighted by molar-refractivity contribution is 0.0981. The summed E-state index contributed by atoms with van der Waals surface area (Å²) in [4.78, 5) is 33.1. The lowest BCUT2D eigenvalue weighted by Gasteiger charge is -2.42. The third kappa shape index (κ3) is 6.32. The van der Waals surface area contributed by atoms with Crippen molar-refractivity contribution in [3.05, 3.63) is 54.2 Å². The Labute approximate surface area is 246 Å². The Morgan fingerprint density at radius 1 is 0.929 bits per heavy atom. The predicted molar refractivity (Wildman–Crippen MR) is 164 cm³/mol. The van der Waals surface area contributed by atoms with E-state index in [-0.39, 0.29) is 23.4 Å². The van der Waals surface area contributed by atoms with Crippen molar-refractivity contribution < 1.29 is 9.18 Å². The van der Waals surface area contributed by atoms with Crippen molar-refractivity contribution in [1.29, 1.82) is 0 Å². The molecule has 1 amide bonds. The number of carbonyl (C=O) groups is 1. The van der Waals surface area contributed by atoms with Gasteiger partial charge in [-0.25, -0.2) is 14.4 Å². The van der Waals surface area contributed by atoms with Crippen LogP contribution < -0.4 is 21.3 Å². The Bertz CT molecular complexity index is 1380. The fourth-order valence-electron chi connectivity index (χ4n) is 6.41. The second kappa shape index (κ2) is 12.6. The standard InChI is InChI=1S/C31H40FN9O/c1-39-16-18-40(19-17-39)24-10-14-41(15-11-24)26-7-6-23(20-25(26)32)36-31-28(29(33)42)37-27(21-8-12-34-13-9-21)30(38-31)35-22-4-2-3-5-22/h6-9,12-13,20,22,24H,2-5,10-11,14-19H2,1H3,(H2,33,42)(H2,35,36,38). The van der Waals surface area contributed by atoms with E-state index < -0.39 is 5.91 Å². The van der Waals surface area contributed by atoms with E-state index in [1.165, 1.54) is 6.07 Å². The van der Waals surface area contributed by atoms with Crippen LogP contribution in [0.1, 0.15) is 49.0 Å². The summed E-state index contributed by atoms with van der Waals surface area (Å²) in [6.45, 7) is 6.07. The maximum Gasteiger partial charge on any atom is 0.271 e. The van der Waals surface area contributed by atoms with Crippen LogP contribution in [-0.2, 0) is 0 Å². The van der Waals surface area contributed by atoms with Gasteiger partial charge in [0.25, 0.3) is 5.91 Å². The van der Waals surface area contributed by atoms with Gasteiger partial charge in [-0.05, 0) is 63.1 Å². The molecule has 0 unspecified atom stereocenters. The largest absolute Gasteiger partial charge is 0.369 e. The number of halogens is 1. The molecule has 2 aliphatic heterocycles. The molecule has 0 radical (unpaired) electrons. The highest BCUT2D eigenvalue weighted by molar-refractivity contribution is 5.97. The van der Waals surface area contributed by atoms with Crippen LogP contribution in [0.15, 0.2) is 42.7 Å².